The van der Waals surface area contributed by atoms with Gasteiger partial charge in [0, 0.05) is 42.0 Å². The average molecular weight is 353 g/mol. The lowest BCUT2D eigenvalue weighted by Crippen LogP contribution is -2.57. The maximum atomic E-state index is 11.6. The van der Waals surface area contributed by atoms with Crippen molar-refractivity contribution in [1.29, 1.82) is 0 Å². The van der Waals surface area contributed by atoms with Crippen molar-refractivity contribution in [1.82, 2.24) is 15.4 Å². The lowest BCUT2D eigenvalue weighted by atomic mass is 9.81. The van der Waals surface area contributed by atoms with Gasteiger partial charge in [-0.15, -0.1) is 11.3 Å². The van der Waals surface area contributed by atoms with Gasteiger partial charge in [-0.25, -0.2) is 5.01 Å². The number of thiophene rings is 1. The van der Waals surface area contributed by atoms with E-state index in [9.17, 15) is 4.79 Å². The smallest absolute Gasteiger partial charge is 0.169 e. The van der Waals surface area contributed by atoms with Gasteiger partial charge in [0.15, 0.2) is 5.78 Å². The minimum Gasteiger partial charge on any atom is -0.294 e. The summed E-state index contributed by atoms with van der Waals surface area (Å²) in [6.07, 6.45) is 7.90. The minimum atomic E-state index is 0.138. The molecule has 4 nitrogen and oxygen atoms in total. The monoisotopic (exact) mass is 353 g/mol. The topological polar surface area (TPSA) is 45.2 Å². The quantitative estimate of drug-likeness (QED) is 0.855. The van der Waals surface area contributed by atoms with Crippen LogP contribution in [0, 0.1) is 11.8 Å². The summed E-state index contributed by atoms with van der Waals surface area (Å²) >= 11 is 1.57. The Hall–Kier alpha value is -1.56. The lowest BCUT2D eigenvalue weighted by molar-refractivity contribution is 0.0319. The first kappa shape index (κ1) is 15.7. The fourth-order valence-corrected chi connectivity index (χ4v) is 5.93. The zero-order valence-corrected chi connectivity index (χ0v) is 15.3. The van der Waals surface area contributed by atoms with Crippen LogP contribution < -0.4 is 5.43 Å². The van der Waals surface area contributed by atoms with E-state index < -0.39 is 0 Å². The highest BCUT2D eigenvalue weighted by Crippen LogP contribution is 2.45. The van der Waals surface area contributed by atoms with Crippen molar-refractivity contribution in [3.8, 4) is 10.4 Å². The van der Waals surface area contributed by atoms with Gasteiger partial charge in [0.2, 0.25) is 0 Å². The summed E-state index contributed by atoms with van der Waals surface area (Å²) in [4.78, 5) is 18.1. The van der Waals surface area contributed by atoms with E-state index in [2.05, 4.69) is 33.7 Å². The number of hydrazine groups is 1. The van der Waals surface area contributed by atoms with E-state index in [4.69, 9.17) is 0 Å². The first-order chi connectivity index (χ1) is 12.2. The Morgan fingerprint density at radius 1 is 1.24 bits per heavy atom. The Balaban J connectivity index is 1.47. The van der Waals surface area contributed by atoms with E-state index in [1.807, 2.05) is 12.3 Å². The molecular weight excluding hydrogens is 330 g/mol. The van der Waals surface area contributed by atoms with Crippen LogP contribution in [0.1, 0.15) is 47.3 Å². The van der Waals surface area contributed by atoms with Gasteiger partial charge in [0.25, 0.3) is 0 Å². The van der Waals surface area contributed by atoms with Crippen LogP contribution in [-0.2, 0) is 0 Å². The first-order valence-corrected chi connectivity index (χ1v) is 10.0. The molecule has 1 aliphatic carbocycles. The molecule has 2 aromatic rings. The molecule has 130 valence electrons. The van der Waals surface area contributed by atoms with Crippen molar-refractivity contribution >= 4 is 17.1 Å². The fraction of sp³-hybridized carbons (Fsp3) is 0.500. The zero-order chi connectivity index (χ0) is 17.0. The molecule has 0 aromatic carbocycles. The Kier molecular flexibility index (Phi) is 3.77. The summed E-state index contributed by atoms with van der Waals surface area (Å²) in [5, 5.41) is 2.46. The average Bonchev–Trinajstić information content (AvgIpc) is 3.01. The summed E-state index contributed by atoms with van der Waals surface area (Å²) < 4.78 is 0. The summed E-state index contributed by atoms with van der Waals surface area (Å²) in [7, 11) is 0. The number of fused-ring (bicyclic) bond motifs is 1. The number of ketones is 1. The highest BCUT2D eigenvalue weighted by molar-refractivity contribution is 7.17. The highest BCUT2D eigenvalue weighted by Gasteiger charge is 2.43. The number of Topliss-reactive ketones (excluding diaryl/α,β-unsaturated/α-hetero) is 1. The van der Waals surface area contributed by atoms with Gasteiger partial charge in [-0.2, -0.15) is 0 Å². The van der Waals surface area contributed by atoms with Gasteiger partial charge >= 0.3 is 0 Å². The van der Waals surface area contributed by atoms with E-state index in [1.54, 1.807) is 18.3 Å². The second kappa shape index (κ2) is 6.01. The summed E-state index contributed by atoms with van der Waals surface area (Å²) in [5.41, 5.74) is 6.20. The van der Waals surface area contributed by atoms with Crippen LogP contribution in [0.2, 0.25) is 0 Å². The Bertz CT molecular complexity index is 803. The minimum absolute atomic E-state index is 0.138. The third-order valence-corrected chi connectivity index (χ3v) is 7.32. The SMILES string of the molecule is CC(=O)c1ccc(-c2cncc(C3CC4CC5CC3CN(C4)N5)c2)s1. The predicted molar refractivity (Wildman–Crippen MR) is 99.6 cm³/mol. The Labute approximate surface area is 152 Å². The summed E-state index contributed by atoms with van der Waals surface area (Å²) in [5.74, 6) is 2.28. The number of hydrogen-bond donors (Lipinski definition) is 1. The molecule has 5 atom stereocenters. The summed E-state index contributed by atoms with van der Waals surface area (Å²) in [6, 6.07) is 6.98. The molecule has 6 rings (SSSR count). The second-order valence-corrected chi connectivity index (χ2v) is 8.98. The van der Waals surface area contributed by atoms with Crippen molar-refractivity contribution in [3.63, 3.8) is 0 Å². The number of hydrogen-bond acceptors (Lipinski definition) is 5. The third-order valence-electron chi connectivity index (χ3n) is 6.09. The van der Waals surface area contributed by atoms with Crippen LogP contribution >= 0.6 is 11.3 Å². The number of carbonyl (C=O) groups excluding carboxylic acids is 1. The number of carbonyl (C=O) groups is 1. The standard InChI is InChI=1S/C20H23N3OS/c1-12(24)19-2-3-20(25-19)15-6-14(8-21-9-15)18-5-13-4-17-7-16(18)11-23(10-13)22-17/h2-3,6,8-9,13,16-18,22H,4-5,7,10-11H2,1H3. The maximum Gasteiger partial charge on any atom is 0.169 e. The van der Waals surface area contributed by atoms with Crippen molar-refractivity contribution < 1.29 is 4.79 Å². The van der Waals surface area contributed by atoms with Crippen LogP contribution in [0.4, 0.5) is 0 Å². The van der Waals surface area contributed by atoms with Crippen LogP contribution in [0.5, 0.6) is 0 Å². The molecule has 4 aliphatic rings. The van der Waals surface area contributed by atoms with E-state index in [-0.39, 0.29) is 5.78 Å². The van der Waals surface area contributed by atoms with Crippen molar-refractivity contribution in [3.05, 3.63) is 41.0 Å². The fourth-order valence-electron chi connectivity index (χ4n) is 5.05. The van der Waals surface area contributed by atoms with Crippen LogP contribution in [-0.4, -0.2) is 34.9 Å². The number of pyridine rings is 1. The molecule has 2 aromatic heterocycles. The molecule has 3 aliphatic heterocycles. The van der Waals surface area contributed by atoms with Crippen molar-refractivity contribution in [2.24, 2.45) is 11.8 Å². The van der Waals surface area contributed by atoms with E-state index in [0.717, 1.165) is 33.7 Å². The Morgan fingerprint density at radius 3 is 2.96 bits per heavy atom. The molecule has 3 saturated heterocycles. The number of aromatic nitrogens is 1. The van der Waals surface area contributed by atoms with Gasteiger partial charge in [-0.3, -0.25) is 15.2 Å². The van der Waals surface area contributed by atoms with E-state index >= 15 is 0 Å². The van der Waals surface area contributed by atoms with E-state index in [0.29, 0.717) is 12.0 Å². The van der Waals surface area contributed by atoms with Gasteiger partial charge in [0.05, 0.1) is 4.88 Å². The van der Waals surface area contributed by atoms with E-state index in [1.165, 1.54) is 31.4 Å². The Morgan fingerprint density at radius 2 is 2.16 bits per heavy atom. The second-order valence-electron chi connectivity index (χ2n) is 7.90. The van der Waals surface area contributed by atoms with Crippen molar-refractivity contribution in [2.45, 2.75) is 38.1 Å². The largest absolute Gasteiger partial charge is 0.294 e. The van der Waals surface area contributed by atoms with Gasteiger partial charge < -0.3 is 0 Å². The number of rotatable bonds is 3. The third kappa shape index (κ3) is 2.84. The highest BCUT2D eigenvalue weighted by atomic mass is 32.1. The molecule has 4 fully saturated rings. The number of nitrogens with one attached hydrogen (secondary N) is 1. The van der Waals surface area contributed by atoms with Gasteiger partial charge in [0.1, 0.15) is 0 Å². The van der Waals surface area contributed by atoms with Crippen LogP contribution in [0.15, 0.2) is 30.6 Å². The predicted octanol–water partition coefficient (Wildman–Crippen LogP) is 3.72. The molecule has 0 amide bonds. The molecule has 25 heavy (non-hydrogen) atoms. The molecule has 4 bridgehead atoms. The molecule has 5 heterocycles. The number of nitrogens with zero attached hydrogens (tertiary/aromatic N) is 2. The molecule has 0 spiro atoms. The van der Waals surface area contributed by atoms with Gasteiger partial charge in [-0.05, 0) is 67.7 Å². The summed E-state index contributed by atoms with van der Waals surface area (Å²) in [6.45, 7) is 3.99. The zero-order valence-electron chi connectivity index (χ0n) is 14.4. The molecule has 1 saturated carbocycles. The normalized spacial score (nSPS) is 33.4. The maximum absolute atomic E-state index is 11.6. The van der Waals surface area contributed by atoms with Crippen LogP contribution in [0.25, 0.3) is 10.4 Å². The van der Waals surface area contributed by atoms with Crippen LogP contribution in [0.3, 0.4) is 0 Å². The van der Waals surface area contributed by atoms with Gasteiger partial charge in [-0.1, -0.05) is 0 Å². The molecule has 5 heteroatoms. The molecule has 0 radical (unpaired) electrons. The molecule has 5 unspecified atom stereocenters. The molecule has 1 N–H and O–H groups in total. The molecular formula is C20H23N3OS. The lowest BCUT2D eigenvalue weighted by Gasteiger charge is -2.42. The van der Waals surface area contributed by atoms with Crippen molar-refractivity contribution in [2.75, 3.05) is 13.1 Å². The first-order valence-electron chi connectivity index (χ1n) is 9.23.